The van der Waals surface area contributed by atoms with E-state index in [0.29, 0.717) is 26.2 Å². The van der Waals surface area contributed by atoms with Gasteiger partial charge in [0.1, 0.15) is 4.90 Å². The lowest BCUT2D eigenvalue weighted by atomic mass is 10.1. The average Bonchev–Trinajstić information content (AvgIpc) is 2.63. The summed E-state index contributed by atoms with van der Waals surface area (Å²) in [5.74, 6) is -0.879. The maximum Gasteiger partial charge on any atom is 0.246 e. The van der Waals surface area contributed by atoms with Crippen LogP contribution in [0.1, 0.15) is 5.56 Å². The second-order valence-corrected chi connectivity index (χ2v) is 8.35. The van der Waals surface area contributed by atoms with Gasteiger partial charge in [-0.05, 0) is 24.1 Å². The van der Waals surface area contributed by atoms with Crippen molar-refractivity contribution in [3.8, 4) is 0 Å². The zero-order chi connectivity index (χ0) is 17.9. The van der Waals surface area contributed by atoms with Crippen LogP contribution in [-0.2, 0) is 16.4 Å². The molecule has 1 aliphatic rings. The number of benzene rings is 2. The molecule has 7 heteroatoms. The summed E-state index contributed by atoms with van der Waals surface area (Å²) in [4.78, 5) is 1.88. The predicted octanol–water partition coefficient (Wildman–Crippen LogP) is 3.03. The Hall–Kier alpha value is -1.47. The van der Waals surface area contributed by atoms with Crippen LogP contribution >= 0.6 is 11.6 Å². The van der Waals surface area contributed by atoms with Crippen LogP contribution in [0.2, 0.25) is 5.02 Å². The van der Waals surface area contributed by atoms with Crippen LogP contribution in [0.5, 0.6) is 0 Å². The van der Waals surface area contributed by atoms with Gasteiger partial charge in [-0.1, -0.05) is 48.0 Å². The summed E-state index contributed by atoms with van der Waals surface area (Å²) >= 11 is 5.72. The summed E-state index contributed by atoms with van der Waals surface area (Å²) in [7, 11) is -3.86. The largest absolute Gasteiger partial charge is 0.300 e. The molecule has 0 N–H and O–H groups in total. The van der Waals surface area contributed by atoms with Crippen LogP contribution in [0.15, 0.2) is 53.4 Å². The normalized spacial score (nSPS) is 16.9. The number of piperazine rings is 1. The molecule has 0 spiro atoms. The van der Waals surface area contributed by atoms with Crippen molar-refractivity contribution >= 4 is 21.6 Å². The van der Waals surface area contributed by atoms with Gasteiger partial charge in [0.2, 0.25) is 10.0 Å². The minimum Gasteiger partial charge on any atom is -0.300 e. The molecule has 1 saturated heterocycles. The Kier molecular flexibility index (Phi) is 5.74. The van der Waals surface area contributed by atoms with Crippen LogP contribution in [0, 0.1) is 5.82 Å². The van der Waals surface area contributed by atoms with E-state index in [1.807, 2.05) is 18.2 Å². The molecule has 0 aromatic heterocycles. The molecular formula is C18H20ClFN2O2S. The van der Waals surface area contributed by atoms with Crippen molar-refractivity contribution in [3.05, 3.63) is 64.9 Å². The summed E-state index contributed by atoms with van der Waals surface area (Å²) in [5, 5.41) is -0.178. The Bertz CT molecular complexity index is 822. The van der Waals surface area contributed by atoms with Crippen LogP contribution < -0.4 is 0 Å². The van der Waals surface area contributed by atoms with Crippen LogP contribution in [0.25, 0.3) is 0 Å². The standard InChI is InChI=1S/C18H20ClFN2O2S/c19-16-7-4-8-17(18(16)20)25(23,24)22-13-11-21(12-14-22)10-9-15-5-2-1-3-6-15/h1-8H,9-14H2. The first-order valence-corrected chi connectivity index (χ1v) is 10.0. The van der Waals surface area contributed by atoms with Gasteiger partial charge < -0.3 is 4.90 Å². The van der Waals surface area contributed by atoms with Crippen molar-refractivity contribution in [2.75, 3.05) is 32.7 Å². The van der Waals surface area contributed by atoms with Gasteiger partial charge in [-0.2, -0.15) is 4.31 Å². The van der Waals surface area contributed by atoms with Gasteiger partial charge >= 0.3 is 0 Å². The molecule has 1 heterocycles. The quantitative estimate of drug-likeness (QED) is 0.798. The van der Waals surface area contributed by atoms with Gasteiger partial charge in [0, 0.05) is 32.7 Å². The fourth-order valence-corrected chi connectivity index (χ4v) is 4.69. The Balaban J connectivity index is 1.61. The Labute approximate surface area is 152 Å². The molecule has 0 unspecified atom stereocenters. The monoisotopic (exact) mass is 382 g/mol. The molecule has 0 radical (unpaired) electrons. The molecule has 1 aliphatic heterocycles. The minimum absolute atomic E-state index is 0.178. The van der Waals surface area contributed by atoms with Crippen molar-refractivity contribution in [1.29, 1.82) is 0 Å². The molecular weight excluding hydrogens is 363 g/mol. The van der Waals surface area contributed by atoms with Gasteiger partial charge in [0.15, 0.2) is 5.82 Å². The molecule has 0 aliphatic carbocycles. The van der Waals surface area contributed by atoms with Crippen molar-refractivity contribution in [2.45, 2.75) is 11.3 Å². The molecule has 2 aromatic rings. The van der Waals surface area contributed by atoms with E-state index in [-0.39, 0.29) is 9.92 Å². The second-order valence-electron chi connectivity index (χ2n) is 6.03. The first-order valence-electron chi connectivity index (χ1n) is 8.19. The lowest BCUT2D eigenvalue weighted by molar-refractivity contribution is 0.190. The van der Waals surface area contributed by atoms with Crippen molar-refractivity contribution in [3.63, 3.8) is 0 Å². The third kappa shape index (κ3) is 4.20. The van der Waals surface area contributed by atoms with E-state index in [9.17, 15) is 12.8 Å². The first-order chi connectivity index (χ1) is 12.0. The number of nitrogens with zero attached hydrogens (tertiary/aromatic N) is 2. The number of halogens is 2. The zero-order valence-electron chi connectivity index (χ0n) is 13.7. The first kappa shape index (κ1) is 18.3. The lowest BCUT2D eigenvalue weighted by Gasteiger charge is -2.34. The van der Waals surface area contributed by atoms with Crippen molar-refractivity contribution < 1.29 is 12.8 Å². The van der Waals surface area contributed by atoms with Crippen molar-refractivity contribution in [1.82, 2.24) is 9.21 Å². The van der Waals surface area contributed by atoms with E-state index in [1.165, 1.54) is 28.1 Å². The van der Waals surface area contributed by atoms with Gasteiger partial charge in [-0.3, -0.25) is 0 Å². The Morgan fingerprint density at radius 1 is 0.960 bits per heavy atom. The second kappa shape index (κ2) is 7.83. The van der Waals surface area contributed by atoms with E-state index in [2.05, 4.69) is 17.0 Å². The molecule has 134 valence electrons. The molecule has 0 bridgehead atoms. The molecule has 3 rings (SSSR count). The summed E-state index contributed by atoms with van der Waals surface area (Å²) in [6, 6.07) is 14.2. The summed E-state index contributed by atoms with van der Waals surface area (Å²) in [6.07, 6.45) is 0.927. The maximum absolute atomic E-state index is 14.1. The Morgan fingerprint density at radius 3 is 2.32 bits per heavy atom. The van der Waals surface area contributed by atoms with Crippen LogP contribution in [0.4, 0.5) is 4.39 Å². The fourth-order valence-electron chi connectivity index (χ4n) is 2.95. The van der Waals surface area contributed by atoms with E-state index in [0.717, 1.165) is 13.0 Å². The average molecular weight is 383 g/mol. The van der Waals surface area contributed by atoms with E-state index in [1.54, 1.807) is 0 Å². The van der Waals surface area contributed by atoms with Gasteiger partial charge in [0.25, 0.3) is 0 Å². The highest BCUT2D eigenvalue weighted by molar-refractivity contribution is 7.89. The summed E-state index contributed by atoms with van der Waals surface area (Å²) in [6.45, 7) is 2.85. The highest BCUT2D eigenvalue weighted by Crippen LogP contribution is 2.25. The number of hydrogen-bond acceptors (Lipinski definition) is 3. The van der Waals surface area contributed by atoms with Gasteiger partial charge in [-0.15, -0.1) is 0 Å². The molecule has 0 atom stereocenters. The topological polar surface area (TPSA) is 40.6 Å². The predicted molar refractivity (Wildman–Crippen MR) is 96.8 cm³/mol. The number of hydrogen-bond donors (Lipinski definition) is 0. The minimum atomic E-state index is -3.86. The van der Waals surface area contributed by atoms with E-state index in [4.69, 9.17) is 11.6 Å². The summed E-state index contributed by atoms with van der Waals surface area (Å²) in [5.41, 5.74) is 1.26. The molecule has 0 saturated carbocycles. The van der Waals surface area contributed by atoms with E-state index >= 15 is 0 Å². The number of sulfonamides is 1. The zero-order valence-corrected chi connectivity index (χ0v) is 15.3. The van der Waals surface area contributed by atoms with Crippen molar-refractivity contribution in [2.24, 2.45) is 0 Å². The fraction of sp³-hybridized carbons (Fsp3) is 0.333. The van der Waals surface area contributed by atoms with Crippen LogP contribution in [0.3, 0.4) is 0 Å². The molecule has 0 amide bonds. The summed E-state index contributed by atoms with van der Waals surface area (Å²) < 4.78 is 40.7. The molecule has 2 aromatic carbocycles. The maximum atomic E-state index is 14.1. The van der Waals surface area contributed by atoms with Gasteiger partial charge in [-0.25, -0.2) is 12.8 Å². The third-order valence-electron chi connectivity index (χ3n) is 4.42. The van der Waals surface area contributed by atoms with E-state index < -0.39 is 15.8 Å². The lowest BCUT2D eigenvalue weighted by Crippen LogP contribution is -2.49. The highest BCUT2D eigenvalue weighted by Gasteiger charge is 2.31. The molecule has 4 nitrogen and oxygen atoms in total. The SMILES string of the molecule is O=S(=O)(c1cccc(Cl)c1F)N1CCN(CCc2ccccc2)CC1. The smallest absolute Gasteiger partial charge is 0.246 e. The highest BCUT2D eigenvalue weighted by atomic mass is 35.5. The number of rotatable bonds is 5. The molecule has 25 heavy (non-hydrogen) atoms. The third-order valence-corrected chi connectivity index (χ3v) is 6.63. The molecule has 1 fully saturated rings. The van der Waals surface area contributed by atoms with Crippen LogP contribution in [-0.4, -0.2) is 50.3 Å². The Morgan fingerprint density at radius 2 is 1.64 bits per heavy atom. The van der Waals surface area contributed by atoms with Gasteiger partial charge in [0.05, 0.1) is 5.02 Å².